The molecule has 1 heterocycles. The molecular weight excluding hydrogens is 428 g/mol. The van der Waals surface area contributed by atoms with Crippen molar-refractivity contribution >= 4 is 23.1 Å². The van der Waals surface area contributed by atoms with Crippen molar-refractivity contribution in [3.8, 4) is 5.75 Å². The summed E-state index contributed by atoms with van der Waals surface area (Å²) in [5.41, 5.74) is 1.01. The zero-order valence-corrected chi connectivity index (χ0v) is 18.0. The molecule has 1 aliphatic heterocycles. The van der Waals surface area contributed by atoms with Crippen LogP contribution in [0.15, 0.2) is 72.3 Å². The standard InChI is InChI=1S/C26H21F2NO4/c1-3-33-19-10-7-16(8-11-19)24(30)22-23(17-6-4-5-15(2)13-17)29(26(32)25(22)31)21-14-18(27)9-12-20(21)28/h4-14,23,30H,3H2,1-2H3/b24-22+. The van der Waals surface area contributed by atoms with E-state index in [2.05, 4.69) is 0 Å². The number of aryl methyl sites for hydroxylation is 1. The van der Waals surface area contributed by atoms with Gasteiger partial charge in [0.15, 0.2) is 0 Å². The quantitative estimate of drug-likeness (QED) is 0.326. The second-order valence-electron chi connectivity index (χ2n) is 7.64. The fourth-order valence-electron chi connectivity index (χ4n) is 3.94. The van der Waals surface area contributed by atoms with Crippen LogP contribution < -0.4 is 9.64 Å². The highest BCUT2D eigenvalue weighted by molar-refractivity contribution is 6.51. The molecule has 168 valence electrons. The molecule has 1 atom stereocenters. The number of ether oxygens (including phenoxy) is 1. The highest BCUT2D eigenvalue weighted by atomic mass is 19.1. The van der Waals surface area contributed by atoms with Gasteiger partial charge in [-0.25, -0.2) is 8.78 Å². The van der Waals surface area contributed by atoms with Crippen molar-refractivity contribution in [3.63, 3.8) is 0 Å². The Bertz CT molecular complexity index is 1270. The van der Waals surface area contributed by atoms with Crippen molar-refractivity contribution in [1.29, 1.82) is 0 Å². The molecule has 1 unspecified atom stereocenters. The first kappa shape index (κ1) is 22.2. The number of aliphatic hydroxyl groups excluding tert-OH is 1. The van der Waals surface area contributed by atoms with Crippen molar-refractivity contribution < 1.29 is 28.2 Å². The van der Waals surface area contributed by atoms with E-state index >= 15 is 0 Å². The van der Waals surface area contributed by atoms with Crippen molar-refractivity contribution in [2.45, 2.75) is 19.9 Å². The van der Waals surface area contributed by atoms with Crippen molar-refractivity contribution in [2.75, 3.05) is 11.5 Å². The Morgan fingerprint density at radius 3 is 2.42 bits per heavy atom. The number of nitrogens with zero attached hydrogens (tertiary/aromatic N) is 1. The van der Waals surface area contributed by atoms with Crippen LogP contribution in [0, 0.1) is 18.6 Å². The third kappa shape index (κ3) is 4.09. The van der Waals surface area contributed by atoms with E-state index in [1.807, 2.05) is 19.9 Å². The topological polar surface area (TPSA) is 66.8 Å². The second kappa shape index (κ2) is 8.86. The maximum atomic E-state index is 14.7. The lowest BCUT2D eigenvalue weighted by Gasteiger charge is -2.26. The molecule has 1 saturated heterocycles. The fraction of sp³-hybridized carbons (Fsp3) is 0.154. The Hall–Kier alpha value is -4.00. The molecule has 7 heteroatoms. The molecule has 0 saturated carbocycles. The van der Waals surface area contributed by atoms with Gasteiger partial charge >= 0.3 is 0 Å². The SMILES string of the molecule is CCOc1ccc(/C(O)=C2\C(=O)C(=O)N(c3cc(F)ccc3F)C2c2cccc(C)c2)cc1. The van der Waals surface area contributed by atoms with Crippen LogP contribution in [0.4, 0.5) is 14.5 Å². The zero-order valence-electron chi connectivity index (χ0n) is 18.0. The van der Waals surface area contributed by atoms with Crippen LogP contribution in [-0.4, -0.2) is 23.4 Å². The van der Waals surface area contributed by atoms with Crippen LogP contribution in [0.25, 0.3) is 5.76 Å². The van der Waals surface area contributed by atoms with Gasteiger partial charge in [-0.2, -0.15) is 0 Å². The molecular formula is C26H21F2NO4. The summed E-state index contributed by atoms with van der Waals surface area (Å²) < 4.78 is 34.1. The lowest BCUT2D eigenvalue weighted by atomic mass is 9.94. The average Bonchev–Trinajstić information content (AvgIpc) is 3.06. The van der Waals surface area contributed by atoms with Crippen molar-refractivity contribution in [3.05, 3.63) is 101 Å². The lowest BCUT2D eigenvalue weighted by Crippen LogP contribution is -2.30. The van der Waals surface area contributed by atoms with Gasteiger partial charge in [0.2, 0.25) is 0 Å². The van der Waals surface area contributed by atoms with E-state index in [0.717, 1.165) is 28.7 Å². The first-order valence-electron chi connectivity index (χ1n) is 10.4. The molecule has 0 spiro atoms. The van der Waals surface area contributed by atoms with Crippen LogP contribution in [0.2, 0.25) is 0 Å². The number of carbonyl (C=O) groups is 2. The summed E-state index contributed by atoms with van der Waals surface area (Å²) in [5.74, 6) is -3.51. The summed E-state index contributed by atoms with van der Waals surface area (Å²) in [4.78, 5) is 27.0. The predicted molar refractivity (Wildman–Crippen MR) is 120 cm³/mol. The van der Waals surface area contributed by atoms with Gasteiger partial charge in [0, 0.05) is 11.6 Å². The van der Waals surface area contributed by atoms with E-state index in [1.165, 1.54) is 0 Å². The number of benzene rings is 3. The minimum Gasteiger partial charge on any atom is -0.507 e. The third-order valence-corrected chi connectivity index (χ3v) is 5.41. The van der Waals surface area contributed by atoms with E-state index in [1.54, 1.807) is 42.5 Å². The maximum absolute atomic E-state index is 14.7. The summed E-state index contributed by atoms with van der Waals surface area (Å²) in [7, 11) is 0. The van der Waals surface area contributed by atoms with Gasteiger partial charge in [0.1, 0.15) is 23.1 Å². The largest absolute Gasteiger partial charge is 0.507 e. The maximum Gasteiger partial charge on any atom is 0.300 e. The average molecular weight is 449 g/mol. The number of anilines is 1. The Morgan fingerprint density at radius 1 is 1.03 bits per heavy atom. The van der Waals surface area contributed by atoms with Crippen LogP contribution in [0.1, 0.15) is 29.7 Å². The highest BCUT2D eigenvalue weighted by Gasteiger charge is 2.47. The highest BCUT2D eigenvalue weighted by Crippen LogP contribution is 2.43. The molecule has 0 bridgehead atoms. The smallest absolute Gasteiger partial charge is 0.300 e. The number of ketones is 1. The minimum absolute atomic E-state index is 0.210. The molecule has 0 aromatic heterocycles. The van der Waals surface area contributed by atoms with Gasteiger partial charge in [-0.3, -0.25) is 14.5 Å². The Kier molecular flexibility index (Phi) is 5.96. The van der Waals surface area contributed by atoms with E-state index < -0.39 is 35.1 Å². The Morgan fingerprint density at radius 2 is 1.76 bits per heavy atom. The van der Waals surface area contributed by atoms with Crippen molar-refractivity contribution in [1.82, 2.24) is 0 Å². The lowest BCUT2D eigenvalue weighted by molar-refractivity contribution is -0.132. The van der Waals surface area contributed by atoms with Crippen LogP contribution in [0.5, 0.6) is 5.75 Å². The summed E-state index contributed by atoms with van der Waals surface area (Å²) in [5, 5.41) is 11.1. The number of Topliss-reactive ketones (excluding diaryl/α,β-unsaturated/α-hetero) is 1. The third-order valence-electron chi connectivity index (χ3n) is 5.41. The molecule has 1 N–H and O–H groups in total. The number of carbonyl (C=O) groups excluding carboxylic acids is 2. The first-order valence-corrected chi connectivity index (χ1v) is 10.4. The number of halogens is 2. The van der Waals surface area contributed by atoms with Crippen LogP contribution >= 0.6 is 0 Å². The van der Waals surface area contributed by atoms with Crippen LogP contribution in [0.3, 0.4) is 0 Å². The Labute approximate surface area is 189 Å². The summed E-state index contributed by atoms with van der Waals surface area (Å²) in [6.45, 7) is 4.12. The number of rotatable bonds is 5. The normalized spacial score (nSPS) is 17.5. The minimum atomic E-state index is -1.15. The molecule has 1 amide bonds. The zero-order chi connectivity index (χ0) is 23.7. The van der Waals surface area contributed by atoms with E-state index in [4.69, 9.17) is 4.74 Å². The van der Waals surface area contributed by atoms with E-state index in [-0.39, 0.29) is 16.8 Å². The van der Waals surface area contributed by atoms with Crippen molar-refractivity contribution in [2.24, 2.45) is 0 Å². The number of aliphatic hydroxyl groups is 1. The number of amides is 1. The Balaban J connectivity index is 1.93. The molecule has 0 aliphatic carbocycles. The first-order chi connectivity index (χ1) is 15.8. The molecule has 0 radical (unpaired) electrons. The summed E-state index contributed by atoms with van der Waals surface area (Å²) >= 11 is 0. The predicted octanol–water partition coefficient (Wildman–Crippen LogP) is 5.30. The molecule has 33 heavy (non-hydrogen) atoms. The van der Waals surface area contributed by atoms with Gasteiger partial charge < -0.3 is 9.84 Å². The molecule has 1 fully saturated rings. The van der Waals surface area contributed by atoms with Gasteiger partial charge in [0.25, 0.3) is 11.7 Å². The number of hydrogen-bond acceptors (Lipinski definition) is 4. The molecule has 3 aromatic rings. The molecule has 4 rings (SSSR count). The summed E-state index contributed by atoms with van der Waals surface area (Å²) in [6.07, 6.45) is 0. The van der Waals surface area contributed by atoms with E-state index in [0.29, 0.717) is 17.9 Å². The van der Waals surface area contributed by atoms with Gasteiger partial charge in [-0.1, -0.05) is 29.8 Å². The van der Waals surface area contributed by atoms with Gasteiger partial charge in [-0.05, 0) is 55.8 Å². The summed E-state index contributed by atoms with van der Waals surface area (Å²) in [6, 6.07) is 14.9. The van der Waals surface area contributed by atoms with Gasteiger partial charge in [-0.15, -0.1) is 0 Å². The molecule has 3 aromatic carbocycles. The monoisotopic (exact) mass is 449 g/mol. The molecule has 5 nitrogen and oxygen atoms in total. The van der Waals surface area contributed by atoms with Gasteiger partial charge in [0.05, 0.1) is 23.9 Å². The molecule has 1 aliphatic rings. The number of hydrogen-bond donors (Lipinski definition) is 1. The fourth-order valence-corrected chi connectivity index (χ4v) is 3.94. The van der Waals surface area contributed by atoms with E-state index in [9.17, 15) is 23.5 Å². The second-order valence-corrected chi connectivity index (χ2v) is 7.64. The van der Waals surface area contributed by atoms with Crippen LogP contribution in [-0.2, 0) is 9.59 Å².